The van der Waals surface area contributed by atoms with E-state index in [1.807, 2.05) is 152 Å². The van der Waals surface area contributed by atoms with Gasteiger partial charge >= 0.3 is 0 Å². The Kier molecular flexibility index (Phi) is 8.11. The Balaban J connectivity index is 1.18. The molecule has 6 heteroatoms. The summed E-state index contributed by atoms with van der Waals surface area (Å²) >= 11 is 0. The predicted molar refractivity (Wildman–Crippen MR) is 230 cm³/mol. The minimum Gasteiger partial charge on any atom is -0.308 e. The maximum atomic E-state index is 15.1. The molecular weight excluding hydrogens is 713 g/mol. The molecule has 10 rings (SSSR count). The Hall–Kier alpha value is -8.32. The van der Waals surface area contributed by atoms with Crippen LogP contribution in [0.25, 0.3) is 72.0 Å². The lowest BCUT2D eigenvalue weighted by atomic mass is 9.97. The Bertz CT molecular complexity index is 3130. The van der Waals surface area contributed by atoms with Crippen LogP contribution in [0.5, 0.6) is 0 Å². The van der Waals surface area contributed by atoms with Gasteiger partial charge in [-0.05, 0) is 106 Å². The van der Waals surface area contributed by atoms with Crippen molar-refractivity contribution in [1.82, 2.24) is 4.57 Å². The highest BCUT2D eigenvalue weighted by atomic mass is 16.2. The molecule has 1 aliphatic rings. The summed E-state index contributed by atoms with van der Waals surface area (Å²) < 4.78 is 2.07. The molecule has 0 saturated carbocycles. The van der Waals surface area contributed by atoms with Crippen LogP contribution in [0, 0.1) is 22.7 Å². The molecule has 58 heavy (non-hydrogen) atoms. The number of amides is 2. The molecule has 0 saturated heterocycles. The van der Waals surface area contributed by atoms with E-state index in [0.29, 0.717) is 33.6 Å². The smallest absolute Gasteiger partial charge is 0.268 e. The van der Waals surface area contributed by atoms with Gasteiger partial charge in [-0.1, -0.05) is 115 Å². The Morgan fingerprint density at radius 3 is 1.47 bits per heavy atom. The molecule has 2 heterocycles. The molecule has 0 N–H and O–H groups in total. The van der Waals surface area contributed by atoms with Gasteiger partial charge in [0.15, 0.2) is 0 Å². The molecule has 0 bridgehead atoms. The second-order valence-electron chi connectivity index (χ2n) is 14.3. The Morgan fingerprint density at radius 2 is 0.879 bits per heavy atom. The topological polar surface area (TPSA) is 89.9 Å². The summed E-state index contributed by atoms with van der Waals surface area (Å²) in [7, 11) is 0. The van der Waals surface area contributed by atoms with Crippen LogP contribution in [0.3, 0.4) is 0 Å². The van der Waals surface area contributed by atoms with E-state index in [4.69, 9.17) is 0 Å². The molecule has 0 fully saturated rings. The number of aromatic nitrogens is 1. The van der Waals surface area contributed by atoms with Gasteiger partial charge in [0.05, 0.1) is 56.8 Å². The van der Waals surface area contributed by atoms with Gasteiger partial charge in [0, 0.05) is 16.3 Å². The van der Waals surface area contributed by atoms with E-state index < -0.39 is 5.91 Å². The minimum absolute atomic E-state index is 0.326. The zero-order valence-corrected chi connectivity index (χ0v) is 30.9. The second-order valence-corrected chi connectivity index (χ2v) is 14.3. The third-order valence-corrected chi connectivity index (χ3v) is 11.0. The lowest BCUT2D eigenvalue weighted by molar-refractivity contribution is 0.0926. The highest BCUT2D eigenvalue weighted by Crippen LogP contribution is 2.43. The van der Waals surface area contributed by atoms with E-state index >= 15 is 4.79 Å². The number of imide groups is 1. The Morgan fingerprint density at radius 1 is 0.379 bits per heavy atom. The van der Waals surface area contributed by atoms with E-state index in [0.717, 1.165) is 66.3 Å². The van der Waals surface area contributed by atoms with Gasteiger partial charge in [-0.25, -0.2) is 4.90 Å². The molecular formula is C52H30N4O2. The maximum absolute atomic E-state index is 15.1. The number of anilines is 1. The fraction of sp³-hybridized carbons (Fsp3) is 0. The van der Waals surface area contributed by atoms with Gasteiger partial charge in [0.2, 0.25) is 0 Å². The first-order valence-corrected chi connectivity index (χ1v) is 18.9. The number of nitriles is 2. The summed E-state index contributed by atoms with van der Waals surface area (Å²) in [6.07, 6.45) is 0. The molecule has 9 aromatic rings. The van der Waals surface area contributed by atoms with Crippen LogP contribution in [0.1, 0.15) is 31.8 Å². The second kappa shape index (κ2) is 13.8. The summed E-state index contributed by atoms with van der Waals surface area (Å²) in [5, 5.41) is 21.2. The zero-order valence-electron chi connectivity index (χ0n) is 30.9. The molecule has 0 aliphatic carbocycles. The standard InChI is InChI=1S/C52H30N4O2/c53-31-33-10-7-16-37(26-33)39-21-24-46-44(28-39)45-29-40(38-17-8-11-34(27-38)32-54)22-25-47(45)55(46)48-19-9-18-43-50(48)52(58)56(51(43)57)49-30-41(35-12-3-1-4-13-35)20-23-42(49)36-14-5-2-6-15-36/h1-30H. The summed E-state index contributed by atoms with van der Waals surface area (Å²) in [4.78, 5) is 31.0. The molecule has 6 nitrogen and oxygen atoms in total. The van der Waals surface area contributed by atoms with Crippen molar-refractivity contribution in [1.29, 1.82) is 10.5 Å². The Labute approximate surface area is 334 Å². The van der Waals surface area contributed by atoms with Crippen molar-refractivity contribution in [3.63, 3.8) is 0 Å². The number of rotatable bonds is 6. The van der Waals surface area contributed by atoms with Gasteiger partial charge in [-0.15, -0.1) is 0 Å². The van der Waals surface area contributed by atoms with E-state index in [1.165, 1.54) is 4.90 Å². The first-order valence-electron chi connectivity index (χ1n) is 18.9. The number of hydrogen-bond acceptors (Lipinski definition) is 4. The number of carbonyl (C=O) groups is 2. The number of nitrogens with zero attached hydrogens (tertiary/aromatic N) is 4. The normalized spacial score (nSPS) is 12.1. The third kappa shape index (κ3) is 5.56. The van der Waals surface area contributed by atoms with Crippen LogP contribution < -0.4 is 4.90 Å². The van der Waals surface area contributed by atoms with Crippen LogP contribution in [-0.2, 0) is 0 Å². The number of fused-ring (bicyclic) bond motifs is 4. The van der Waals surface area contributed by atoms with Crippen molar-refractivity contribution in [2.75, 3.05) is 4.90 Å². The molecule has 270 valence electrons. The molecule has 0 spiro atoms. The van der Waals surface area contributed by atoms with Gasteiger partial charge in [0.25, 0.3) is 11.8 Å². The van der Waals surface area contributed by atoms with E-state index in [2.05, 4.69) is 28.8 Å². The van der Waals surface area contributed by atoms with Crippen LogP contribution in [0.4, 0.5) is 5.69 Å². The van der Waals surface area contributed by atoms with E-state index in [-0.39, 0.29) is 5.91 Å². The molecule has 0 atom stereocenters. The monoisotopic (exact) mass is 742 g/mol. The molecule has 1 aliphatic heterocycles. The average molecular weight is 743 g/mol. The highest BCUT2D eigenvalue weighted by Gasteiger charge is 2.40. The van der Waals surface area contributed by atoms with E-state index in [9.17, 15) is 15.3 Å². The summed E-state index contributed by atoms with van der Waals surface area (Å²) in [5.41, 5.74) is 11.8. The molecule has 1 aromatic heterocycles. The SMILES string of the molecule is N#Cc1cccc(-c2ccc3c(c2)c2cc(-c4cccc(C#N)c4)ccc2n3-c2cccc3c2C(=O)N(c2cc(-c4ccccc4)ccc2-c2ccccc2)C3=O)c1. The lowest BCUT2D eigenvalue weighted by Crippen LogP contribution is -2.30. The first kappa shape index (κ1) is 34.2. The molecule has 0 radical (unpaired) electrons. The predicted octanol–water partition coefficient (Wildman–Crippen LogP) is 12.0. The fourth-order valence-electron chi connectivity index (χ4n) is 8.24. The molecule has 0 unspecified atom stereocenters. The molecule has 2 amide bonds. The fourth-order valence-corrected chi connectivity index (χ4v) is 8.24. The first-order chi connectivity index (χ1) is 28.5. The van der Waals surface area contributed by atoms with E-state index in [1.54, 1.807) is 18.2 Å². The van der Waals surface area contributed by atoms with Crippen LogP contribution in [0.15, 0.2) is 182 Å². The lowest BCUT2D eigenvalue weighted by Gasteiger charge is -2.20. The minimum atomic E-state index is -0.400. The van der Waals surface area contributed by atoms with Gasteiger partial charge in [-0.3, -0.25) is 9.59 Å². The van der Waals surface area contributed by atoms with Crippen molar-refractivity contribution in [2.45, 2.75) is 0 Å². The van der Waals surface area contributed by atoms with Crippen LogP contribution in [-0.4, -0.2) is 16.4 Å². The quantitative estimate of drug-likeness (QED) is 0.159. The van der Waals surface area contributed by atoms with Crippen molar-refractivity contribution < 1.29 is 9.59 Å². The third-order valence-electron chi connectivity index (χ3n) is 11.0. The largest absolute Gasteiger partial charge is 0.308 e. The number of benzene rings is 8. The van der Waals surface area contributed by atoms with Gasteiger partial charge < -0.3 is 4.57 Å². The van der Waals surface area contributed by atoms with Crippen LogP contribution in [0.2, 0.25) is 0 Å². The van der Waals surface area contributed by atoms with Crippen LogP contribution >= 0.6 is 0 Å². The summed E-state index contributed by atoms with van der Waals surface area (Å²) in [5.74, 6) is -0.785. The average Bonchev–Trinajstić information content (AvgIpc) is 3.75. The maximum Gasteiger partial charge on any atom is 0.268 e. The number of carbonyl (C=O) groups excluding carboxylic acids is 2. The highest BCUT2D eigenvalue weighted by molar-refractivity contribution is 6.36. The van der Waals surface area contributed by atoms with Crippen molar-refractivity contribution in [2.24, 2.45) is 0 Å². The van der Waals surface area contributed by atoms with Gasteiger partial charge in [0.1, 0.15) is 0 Å². The summed E-state index contributed by atoms with van der Waals surface area (Å²) in [6.45, 7) is 0. The zero-order chi connectivity index (χ0) is 39.3. The molecule has 8 aromatic carbocycles. The summed E-state index contributed by atoms with van der Waals surface area (Å²) in [6, 6.07) is 63.0. The number of hydrogen-bond donors (Lipinski definition) is 0. The van der Waals surface area contributed by atoms with Crippen molar-refractivity contribution in [3.05, 3.63) is 204 Å². The van der Waals surface area contributed by atoms with Gasteiger partial charge in [-0.2, -0.15) is 10.5 Å². The van der Waals surface area contributed by atoms with Crippen molar-refractivity contribution >= 4 is 39.3 Å². The van der Waals surface area contributed by atoms with Crippen molar-refractivity contribution in [3.8, 4) is 62.3 Å².